The molecule has 0 saturated heterocycles. The van der Waals surface area contributed by atoms with Crippen molar-refractivity contribution in [1.29, 1.82) is 0 Å². The number of anilines is 1. The van der Waals surface area contributed by atoms with Crippen LogP contribution in [0.25, 0.3) is 10.2 Å². The Morgan fingerprint density at radius 1 is 1.60 bits per heavy atom. The number of aryl methyl sites for hydroxylation is 1. The van der Waals surface area contributed by atoms with Crippen LogP contribution >= 0.6 is 11.3 Å². The maximum Gasteiger partial charge on any atom is 0.0907 e. The number of thiazole rings is 1. The highest BCUT2D eigenvalue weighted by atomic mass is 32.2. The molecular weight excluding hydrogens is 232 g/mol. The van der Waals surface area contributed by atoms with E-state index < -0.39 is 11.1 Å². The van der Waals surface area contributed by atoms with Crippen LogP contribution in [0.5, 0.6) is 0 Å². The van der Waals surface area contributed by atoms with Crippen molar-refractivity contribution in [2.24, 2.45) is 0 Å². The van der Waals surface area contributed by atoms with E-state index in [9.17, 15) is 8.76 Å². The van der Waals surface area contributed by atoms with E-state index in [1.165, 1.54) is 11.3 Å². The molecule has 1 atom stereocenters. The third-order valence-electron chi connectivity index (χ3n) is 2.07. The van der Waals surface area contributed by atoms with Gasteiger partial charge in [0, 0.05) is 17.0 Å². The summed E-state index contributed by atoms with van der Waals surface area (Å²) < 4.78 is 22.4. The van der Waals surface area contributed by atoms with Gasteiger partial charge in [-0.1, -0.05) is 11.1 Å². The monoisotopic (exact) mass is 241 g/mol. The Labute approximate surface area is 93.4 Å². The number of rotatable bonds is 2. The Morgan fingerprint density at radius 2 is 2.33 bits per heavy atom. The number of hydrogen-bond donors (Lipinski definition) is 1. The number of benzene rings is 1. The molecule has 0 aliphatic heterocycles. The van der Waals surface area contributed by atoms with Gasteiger partial charge in [0.25, 0.3) is 0 Å². The first-order valence-corrected chi connectivity index (χ1v) is 6.34. The van der Waals surface area contributed by atoms with Gasteiger partial charge in [-0.2, -0.15) is 0 Å². The van der Waals surface area contributed by atoms with Gasteiger partial charge < -0.3 is 10.3 Å². The summed E-state index contributed by atoms with van der Waals surface area (Å²) in [5.74, 6) is -0.0770. The molecule has 0 radical (unpaired) electrons. The standard InChI is InChI=1S/C9H10N2O2S2/c1-5-11-9-6(4-15(12)13)7(10)2-3-8(9)14-5/h2-3H,4,10H2,1H3,(H,12,13)/p-1. The number of nitrogens with two attached hydrogens (primary N) is 1. The highest BCUT2D eigenvalue weighted by Crippen LogP contribution is 2.29. The van der Waals surface area contributed by atoms with Gasteiger partial charge in [0.15, 0.2) is 0 Å². The fourth-order valence-corrected chi connectivity index (χ4v) is 2.84. The van der Waals surface area contributed by atoms with E-state index in [1.54, 1.807) is 6.07 Å². The highest BCUT2D eigenvalue weighted by Gasteiger charge is 2.09. The predicted molar refractivity (Wildman–Crippen MR) is 61.4 cm³/mol. The number of nitrogens with zero attached hydrogens (tertiary/aromatic N) is 1. The van der Waals surface area contributed by atoms with Crippen LogP contribution in [0, 0.1) is 6.92 Å². The van der Waals surface area contributed by atoms with E-state index in [1.807, 2.05) is 13.0 Å². The molecule has 0 amide bonds. The minimum absolute atomic E-state index is 0.0770. The average Bonchev–Trinajstić information content (AvgIpc) is 2.51. The molecular formula is C9H9N2O2S2-. The third-order valence-corrected chi connectivity index (χ3v) is 3.53. The molecule has 15 heavy (non-hydrogen) atoms. The topological polar surface area (TPSA) is 79.0 Å². The molecule has 0 bridgehead atoms. The molecule has 2 aromatic rings. The van der Waals surface area contributed by atoms with Crippen molar-refractivity contribution in [2.45, 2.75) is 12.7 Å². The maximum atomic E-state index is 10.7. The Balaban J connectivity index is 2.67. The van der Waals surface area contributed by atoms with E-state index in [0.29, 0.717) is 16.8 Å². The number of nitrogen functional groups attached to an aromatic ring is 1. The van der Waals surface area contributed by atoms with Crippen molar-refractivity contribution in [3.8, 4) is 0 Å². The molecule has 1 aromatic heterocycles. The fraction of sp³-hybridized carbons (Fsp3) is 0.222. The summed E-state index contributed by atoms with van der Waals surface area (Å²) in [5, 5.41) is 0.911. The molecule has 0 aliphatic rings. The van der Waals surface area contributed by atoms with Gasteiger partial charge in [0.1, 0.15) is 0 Å². The number of aromatic nitrogens is 1. The maximum absolute atomic E-state index is 10.7. The van der Waals surface area contributed by atoms with Gasteiger partial charge >= 0.3 is 0 Å². The molecule has 80 valence electrons. The summed E-state index contributed by atoms with van der Waals surface area (Å²) in [6.45, 7) is 1.89. The van der Waals surface area contributed by atoms with Crippen molar-refractivity contribution < 1.29 is 8.76 Å². The largest absolute Gasteiger partial charge is 0.772 e. The van der Waals surface area contributed by atoms with E-state index in [2.05, 4.69) is 4.98 Å². The van der Waals surface area contributed by atoms with Crippen LogP contribution in [0.3, 0.4) is 0 Å². The van der Waals surface area contributed by atoms with Gasteiger partial charge in [0.2, 0.25) is 0 Å². The van der Waals surface area contributed by atoms with Gasteiger partial charge in [-0.15, -0.1) is 11.3 Å². The Morgan fingerprint density at radius 3 is 3.00 bits per heavy atom. The second kappa shape index (κ2) is 3.88. The number of hydrogen-bond acceptors (Lipinski definition) is 5. The zero-order valence-corrected chi connectivity index (χ0v) is 9.65. The molecule has 1 heterocycles. The van der Waals surface area contributed by atoms with Crippen LogP contribution < -0.4 is 5.73 Å². The molecule has 4 nitrogen and oxygen atoms in total. The average molecular weight is 241 g/mol. The van der Waals surface area contributed by atoms with Crippen molar-refractivity contribution in [1.82, 2.24) is 4.98 Å². The van der Waals surface area contributed by atoms with E-state index in [0.717, 1.165) is 9.71 Å². The van der Waals surface area contributed by atoms with Crippen molar-refractivity contribution >= 4 is 38.3 Å². The molecule has 0 spiro atoms. The quantitative estimate of drug-likeness (QED) is 0.639. The Kier molecular flexibility index (Phi) is 2.72. The van der Waals surface area contributed by atoms with Gasteiger partial charge in [-0.05, 0) is 19.1 Å². The van der Waals surface area contributed by atoms with Crippen LogP contribution in [-0.2, 0) is 16.8 Å². The van der Waals surface area contributed by atoms with Crippen LogP contribution in [0.15, 0.2) is 12.1 Å². The summed E-state index contributed by atoms with van der Waals surface area (Å²) >= 11 is -0.605. The first-order valence-electron chi connectivity index (χ1n) is 4.28. The second-order valence-corrected chi connectivity index (χ2v) is 5.29. The number of fused-ring (bicyclic) bond motifs is 1. The van der Waals surface area contributed by atoms with Gasteiger partial charge in [-0.3, -0.25) is 4.21 Å². The smallest absolute Gasteiger partial charge is 0.0907 e. The minimum Gasteiger partial charge on any atom is -0.772 e. The van der Waals surface area contributed by atoms with Crippen LogP contribution in [0.1, 0.15) is 10.6 Å². The van der Waals surface area contributed by atoms with Crippen molar-refractivity contribution in [2.75, 3.05) is 5.73 Å². The summed E-state index contributed by atoms with van der Waals surface area (Å²) in [5.41, 5.74) is 7.53. The molecule has 1 aromatic carbocycles. The van der Waals surface area contributed by atoms with Gasteiger partial charge in [0.05, 0.1) is 15.2 Å². The lowest BCUT2D eigenvalue weighted by Gasteiger charge is -2.08. The zero-order chi connectivity index (χ0) is 11.0. The summed E-state index contributed by atoms with van der Waals surface area (Å²) in [4.78, 5) is 4.29. The van der Waals surface area contributed by atoms with E-state index in [-0.39, 0.29) is 5.75 Å². The summed E-state index contributed by atoms with van der Waals surface area (Å²) in [6, 6.07) is 3.59. The molecule has 2 rings (SSSR count). The van der Waals surface area contributed by atoms with Crippen LogP contribution in [0.4, 0.5) is 5.69 Å². The highest BCUT2D eigenvalue weighted by molar-refractivity contribution is 7.78. The summed E-state index contributed by atoms with van der Waals surface area (Å²) in [7, 11) is 0. The summed E-state index contributed by atoms with van der Waals surface area (Å²) in [6.07, 6.45) is 0. The molecule has 0 saturated carbocycles. The Hall–Kier alpha value is -0.980. The van der Waals surface area contributed by atoms with E-state index >= 15 is 0 Å². The molecule has 0 aliphatic carbocycles. The SMILES string of the molecule is Cc1nc2c(CS(=O)[O-])c(N)ccc2s1. The first kappa shape index (κ1) is 10.5. The molecule has 6 heteroatoms. The Bertz CT molecular complexity index is 536. The normalized spacial score (nSPS) is 13.2. The molecule has 0 fully saturated rings. The van der Waals surface area contributed by atoms with Crippen LogP contribution in [0.2, 0.25) is 0 Å². The van der Waals surface area contributed by atoms with Gasteiger partial charge in [-0.25, -0.2) is 4.98 Å². The molecule has 1 unspecified atom stereocenters. The zero-order valence-electron chi connectivity index (χ0n) is 8.02. The molecule has 2 N–H and O–H groups in total. The van der Waals surface area contributed by atoms with Crippen LogP contribution in [-0.4, -0.2) is 13.7 Å². The predicted octanol–water partition coefficient (Wildman–Crippen LogP) is 1.57. The third kappa shape index (κ3) is 2.01. The second-order valence-electron chi connectivity index (χ2n) is 3.16. The van der Waals surface area contributed by atoms with Crippen molar-refractivity contribution in [3.05, 3.63) is 22.7 Å². The lowest BCUT2D eigenvalue weighted by atomic mass is 10.2. The first-order chi connectivity index (χ1) is 7.08. The lowest BCUT2D eigenvalue weighted by molar-refractivity contribution is 0.536. The lowest BCUT2D eigenvalue weighted by Crippen LogP contribution is -2.00. The fourth-order valence-electron chi connectivity index (χ4n) is 1.44. The van der Waals surface area contributed by atoms with Crippen molar-refractivity contribution in [3.63, 3.8) is 0 Å². The van der Waals surface area contributed by atoms with E-state index in [4.69, 9.17) is 5.73 Å². The minimum atomic E-state index is -2.14.